The van der Waals surface area contributed by atoms with Gasteiger partial charge in [-0.1, -0.05) is 5.16 Å². The molecule has 0 aliphatic rings. The largest absolute Gasteiger partial charge is 0.447 e. The normalized spacial score (nSPS) is 10.1. The van der Waals surface area contributed by atoms with Crippen LogP contribution in [0.25, 0.3) is 0 Å². The number of methoxy groups -OCH3 is 1. The van der Waals surface area contributed by atoms with Crippen LogP contribution in [0.15, 0.2) is 4.52 Å². The van der Waals surface area contributed by atoms with E-state index in [0.29, 0.717) is 18.2 Å². The van der Waals surface area contributed by atoms with Crippen molar-refractivity contribution in [2.24, 2.45) is 0 Å². The summed E-state index contributed by atoms with van der Waals surface area (Å²) < 4.78 is 14.4. The summed E-state index contributed by atoms with van der Waals surface area (Å²) in [7, 11) is 1.53. The van der Waals surface area contributed by atoms with Gasteiger partial charge in [0.15, 0.2) is 5.82 Å². The number of amides is 1. The lowest BCUT2D eigenvalue weighted by molar-refractivity contribution is 0.107. The monoisotopic (exact) mass is 214 g/mol. The van der Waals surface area contributed by atoms with Gasteiger partial charge in [0.1, 0.15) is 12.4 Å². The topological polar surface area (TPSA) is 73.6 Å². The Labute approximate surface area is 87.5 Å². The predicted molar refractivity (Wildman–Crippen MR) is 52.8 cm³/mol. The van der Waals surface area contributed by atoms with Crippen LogP contribution < -0.4 is 5.32 Å². The third kappa shape index (κ3) is 3.25. The number of carbonyl (C=O) groups excluding carboxylic acids is 1. The van der Waals surface area contributed by atoms with E-state index in [1.165, 1.54) is 7.11 Å². The summed E-state index contributed by atoms with van der Waals surface area (Å²) in [4.78, 5) is 11.2. The average Bonchev–Trinajstić information content (AvgIpc) is 2.50. The Morgan fingerprint density at radius 3 is 2.73 bits per heavy atom. The molecule has 6 heteroatoms. The van der Waals surface area contributed by atoms with Crippen molar-refractivity contribution >= 4 is 11.9 Å². The average molecular weight is 214 g/mol. The highest BCUT2D eigenvalue weighted by Gasteiger charge is 2.11. The van der Waals surface area contributed by atoms with Crippen LogP contribution in [0.1, 0.15) is 11.3 Å². The van der Waals surface area contributed by atoms with Crippen molar-refractivity contribution in [2.45, 2.75) is 13.8 Å². The van der Waals surface area contributed by atoms with Gasteiger partial charge in [0.05, 0.1) is 6.61 Å². The fraction of sp³-hybridized carbons (Fsp3) is 0.556. The van der Waals surface area contributed by atoms with Crippen molar-refractivity contribution in [3.8, 4) is 0 Å². The molecule has 0 saturated carbocycles. The molecule has 0 atom stereocenters. The highest BCUT2D eigenvalue weighted by atomic mass is 16.6. The molecule has 1 aromatic heterocycles. The Balaban J connectivity index is 2.41. The summed E-state index contributed by atoms with van der Waals surface area (Å²) in [5.41, 5.74) is 0.790. The number of anilines is 1. The van der Waals surface area contributed by atoms with E-state index < -0.39 is 6.09 Å². The summed E-state index contributed by atoms with van der Waals surface area (Å²) in [5.74, 6) is 1.05. The lowest BCUT2D eigenvalue weighted by Gasteiger charge is -2.03. The van der Waals surface area contributed by atoms with Gasteiger partial charge in [0, 0.05) is 12.7 Å². The van der Waals surface area contributed by atoms with Crippen LogP contribution >= 0.6 is 0 Å². The van der Waals surface area contributed by atoms with Gasteiger partial charge in [-0.3, -0.25) is 5.32 Å². The number of aromatic nitrogens is 1. The maximum Gasteiger partial charge on any atom is 0.412 e. The van der Waals surface area contributed by atoms with Crippen LogP contribution in [-0.2, 0) is 9.47 Å². The number of hydrogen-bond acceptors (Lipinski definition) is 5. The number of carbonyl (C=O) groups is 1. The van der Waals surface area contributed by atoms with E-state index in [0.717, 1.165) is 5.56 Å². The summed E-state index contributed by atoms with van der Waals surface area (Å²) in [6, 6.07) is 0. The van der Waals surface area contributed by atoms with Crippen LogP contribution in [0.4, 0.5) is 10.6 Å². The minimum Gasteiger partial charge on any atom is -0.447 e. The second-order valence-electron chi connectivity index (χ2n) is 2.97. The smallest absolute Gasteiger partial charge is 0.412 e. The predicted octanol–water partition coefficient (Wildman–Crippen LogP) is 1.49. The third-order valence-electron chi connectivity index (χ3n) is 1.90. The summed E-state index contributed by atoms with van der Waals surface area (Å²) >= 11 is 0. The summed E-state index contributed by atoms with van der Waals surface area (Å²) in [5, 5.41) is 6.13. The molecule has 0 fully saturated rings. The Hall–Kier alpha value is -1.56. The highest BCUT2D eigenvalue weighted by Crippen LogP contribution is 2.16. The number of nitrogens with one attached hydrogen (secondary N) is 1. The molecule has 1 amide bonds. The van der Waals surface area contributed by atoms with Gasteiger partial charge < -0.3 is 14.0 Å². The maximum absolute atomic E-state index is 11.2. The molecule has 1 heterocycles. The minimum absolute atomic E-state index is 0.207. The standard InChI is InChI=1S/C9H14N2O4/c1-6-7(2)15-11-8(6)10-9(12)14-5-4-13-3/h4-5H2,1-3H3,(H,10,11,12). The molecule has 1 aromatic rings. The maximum atomic E-state index is 11.2. The lowest BCUT2D eigenvalue weighted by Crippen LogP contribution is -2.17. The molecule has 0 unspecified atom stereocenters. The zero-order valence-corrected chi connectivity index (χ0v) is 8.99. The van der Waals surface area contributed by atoms with Gasteiger partial charge in [0.2, 0.25) is 0 Å². The van der Waals surface area contributed by atoms with Gasteiger partial charge in [-0.25, -0.2) is 4.79 Å². The first-order chi connectivity index (χ1) is 7.15. The first-order valence-electron chi connectivity index (χ1n) is 4.50. The minimum atomic E-state index is -0.566. The Kier molecular flexibility index (Phi) is 4.11. The highest BCUT2D eigenvalue weighted by molar-refractivity contribution is 5.84. The van der Waals surface area contributed by atoms with Crippen molar-refractivity contribution in [3.05, 3.63) is 11.3 Å². The van der Waals surface area contributed by atoms with Gasteiger partial charge in [-0.2, -0.15) is 0 Å². The summed E-state index contributed by atoms with van der Waals surface area (Å²) in [6.45, 7) is 4.14. The van der Waals surface area contributed by atoms with Crippen molar-refractivity contribution < 1.29 is 18.8 Å². The van der Waals surface area contributed by atoms with Gasteiger partial charge in [-0.15, -0.1) is 0 Å². The SMILES string of the molecule is COCCOC(=O)Nc1noc(C)c1C. The Bertz CT molecular complexity index is 335. The van der Waals surface area contributed by atoms with Crippen LogP contribution in [0, 0.1) is 13.8 Å². The van der Waals surface area contributed by atoms with Gasteiger partial charge in [-0.05, 0) is 13.8 Å². The van der Waals surface area contributed by atoms with E-state index in [1.807, 2.05) is 0 Å². The zero-order valence-electron chi connectivity index (χ0n) is 8.99. The quantitative estimate of drug-likeness (QED) is 0.768. The fourth-order valence-corrected chi connectivity index (χ4v) is 0.885. The van der Waals surface area contributed by atoms with Crippen LogP contribution in [0.2, 0.25) is 0 Å². The molecule has 1 N–H and O–H groups in total. The Morgan fingerprint density at radius 1 is 1.47 bits per heavy atom. The lowest BCUT2D eigenvalue weighted by atomic mass is 10.3. The van der Waals surface area contributed by atoms with E-state index in [-0.39, 0.29) is 6.61 Å². The number of rotatable bonds is 4. The van der Waals surface area contributed by atoms with Crippen LogP contribution in [0.3, 0.4) is 0 Å². The molecule has 0 aliphatic heterocycles. The van der Waals surface area contributed by atoms with Crippen LogP contribution in [0.5, 0.6) is 0 Å². The third-order valence-corrected chi connectivity index (χ3v) is 1.90. The van der Waals surface area contributed by atoms with E-state index in [2.05, 4.69) is 10.5 Å². The van der Waals surface area contributed by atoms with E-state index in [4.69, 9.17) is 14.0 Å². The van der Waals surface area contributed by atoms with E-state index in [1.54, 1.807) is 13.8 Å². The molecule has 0 aliphatic carbocycles. The second kappa shape index (κ2) is 5.35. The molecule has 0 aromatic carbocycles. The van der Waals surface area contributed by atoms with Crippen molar-refractivity contribution in [1.29, 1.82) is 0 Å². The molecular formula is C9H14N2O4. The number of nitrogens with zero attached hydrogens (tertiary/aromatic N) is 1. The van der Waals surface area contributed by atoms with Crippen molar-refractivity contribution in [1.82, 2.24) is 5.16 Å². The second-order valence-corrected chi connectivity index (χ2v) is 2.97. The number of hydrogen-bond donors (Lipinski definition) is 1. The molecule has 0 saturated heterocycles. The van der Waals surface area contributed by atoms with Crippen molar-refractivity contribution in [3.63, 3.8) is 0 Å². The number of aryl methyl sites for hydroxylation is 1. The molecule has 0 radical (unpaired) electrons. The molecule has 0 spiro atoms. The van der Waals surface area contributed by atoms with Gasteiger partial charge >= 0.3 is 6.09 Å². The van der Waals surface area contributed by atoms with Crippen LogP contribution in [-0.4, -0.2) is 31.6 Å². The van der Waals surface area contributed by atoms with Crippen molar-refractivity contribution in [2.75, 3.05) is 25.6 Å². The molecule has 1 rings (SSSR count). The molecule has 0 bridgehead atoms. The zero-order chi connectivity index (χ0) is 11.3. The fourth-order valence-electron chi connectivity index (χ4n) is 0.885. The molecular weight excluding hydrogens is 200 g/mol. The first kappa shape index (κ1) is 11.5. The molecule has 15 heavy (non-hydrogen) atoms. The molecule has 6 nitrogen and oxygen atoms in total. The van der Waals surface area contributed by atoms with Gasteiger partial charge in [0.25, 0.3) is 0 Å². The van der Waals surface area contributed by atoms with E-state index in [9.17, 15) is 4.79 Å². The molecule has 84 valence electrons. The summed E-state index contributed by atoms with van der Waals surface area (Å²) in [6.07, 6.45) is -0.566. The Morgan fingerprint density at radius 2 is 2.20 bits per heavy atom. The number of ether oxygens (including phenoxy) is 2. The first-order valence-corrected chi connectivity index (χ1v) is 4.50. The van der Waals surface area contributed by atoms with E-state index >= 15 is 0 Å².